The Bertz CT molecular complexity index is 508. The highest BCUT2D eigenvalue weighted by molar-refractivity contribution is 5.94. The molecule has 1 aliphatic heterocycles. The molecule has 0 aliphatic carbocycles. The lowest BCUT2D eigenvalue weighted by Gasteiger charge is -2.36. The molecule has 0 saturated carbocycles. The third kappa shape index (κ3) is 3.60. The Morgan fingerprint density at radius 3 is 2.14 bits per heavy atom. The summed E-state index contributed by atoms with van der Waals surface area (Å²) in [5, 5.41) is 0. The quantitative estimate of drug-likeness (QED) is 0.856. The maximum atomic E-state index is 12.9. The zero-order chi connectivity index (χ0) is 15.4. The Hall–Kier alpha value is -1.91. The van der Waals surface area contributed by atoms with Crippen LogP contribution < -0.4 is 0 Å². The summed E-state index contributed by atoms with van der Waals surface area (Å²) >= 11 is 0. The molecule has 0 aromatic heterocycles. The second-order valence-electron chi connectivity index (χ2n) is 5.43. The van der Waals surface area contributed by atoms with Gasteiger partial charge in [-0.25, -0.2) is 4.39 Å². The van der Waals surface area contributed by atoms with E-state index in [1.807, 2.05) is 18.7 Å². The molecule has 1 saturated heterocycles. The molecule has 1 heterocycles. The number of amides is 2. The van der Waals surface area contributed by atoms with Crippen molar-refractivity contribution in [1.82, 2.24) is 9.80 Å². The van der Waals surface area contributed by atoms with Crippen LogP contribution in [0.1, 0.15) is 30.6 Å². The molecule has 0 bridgehead atoms. The van der Waals surface area contributed by atoms with Gasteiger partial charge in [0.05, 0.1) is 0 Å². The molecule has 0 N–H and O–H groups in total. The van der Waals surface area contributed by atoms with E-state index in [0.717, 1.165) is 6.42 Å². The first-order chi connectivity index (χ1) is 10.0. The highest BCUT2D eigenvalue weighted by Gasteiger charge is 2.26. The van der Waals surface area contributed by atoms with Gasteiger partial charge in [-0.15, -0.1) is 0 Å². The van der Waals surface area contributed by atoms with Crippen molar-refractivity contribution in [3.63, 3.8) is 0 Å². The average molecular weight is 292 g/mol. The summed E-state index contributed by atoms with van der Waals surface area (Å²) in [4.78, 5) is 27.9. The Labute approximate surface area is 124 Å². The Kier molecular flexibility index (Phi) is 4.94. The number of carbonyl (C=O) groups excluding carboxylic acids is 2. The Morgan fingerprint density at radius 1 is 1.10 bits per heavy atom. The standard InChI is InChI=1S/C16H21FN2O2/c1-3-12(2)15(20)18-8-10-19(11-9-18)16(21)13-4-6-14(17)7-5-13/h4-7,12H,3,8-11H2,1-2H3. The Morgan fingerprint density at radius 2 is 1.62 bits per heavy atom. The molecule has 0 radical (unpaired) electrons. The zero-order valence-corrected chi connectivity index (χ0v) is 12.5. The van der Waals surface area contributed by atoms with Crippen LogP contribution in [0, 0.1) is 11.7 Å². The molecule has 2 amide bonds. The first-order valence-electron chi connectivity index (χ1n) is 7.36. The van der Waals surface area contributed by atoms with Crippen molar-refractivity contribution in [3.8, 4) is 0 Å². The maximum Gasteiger partial charge on any atom is 0.253 e. The predicted octanol–water partition coefficient (Wildman–Crippen LogP) is 2.16. The minimum Gasteiger partial charge on any atom is -0.339 e. The highest BCUT2D eigenvalue weighted by atomic mass is 19.1. The van der Waals surface area contributed by atoms with Crippen LogP contribution in [0.3, 0.4) is 0 Å². The fraction of sp³-hybridized carbons (Fsp3) is 0.500. The van der Waals surface area contributed by atoms with Gasteiger partial charge in [0.25, 0.3) is 5.91 Å². The molecule has 114 valence electrons. The molecule has 0 spiro atoms. The fourth-order valence-corrected chi connectivity index (χ4v) is 2.39. The molecule has 21 heavy (non-hydrogen) atoms. The van der Waals surface area contributed by atoms with Crippen LogP contribution >= 0.6 is 0 Å². The van der Waals surface area contributed by atoms with Crippen molar-refractivity contribution in [2.45, 2.75) is 20.3 Å². The van der Waals surface area contributed by atoms with Crippen LogP contribution in [0.25, 0.3) is 0 Å². The van der Waals surface area contributed by atoms with Crippen molar-refractivity contribution in [2.24, 2.45) is 5.92 Å². The van der Waals surface area contributed by atoms with Crippen LogP contribution in [-0.4, -0.2) is 47.8 Å². The second kappa shape index (κ2) is 6.70. The molecule has 4 nitrogen and oxygen atoms in total. The lowest BCUT2D eigenvalue weighted by atomic mass is 10.1. The normalized spacial score (nSPS) is 16.7. The topological polar surface area (TPSA) is 40.6 Å². The van der Waals surface area contributed by atoms with E-state index in [1.54, 1.807) is 4.90 Å². The van der Waals surface area contributed by atoms with Gasteiger partial charge in [0.1, 0.15) is 5.82 Å². The highest BCUT2D eigenvalue weighted by Crippen LogP contribution is 2.13. The van der Waals surface area contributed by atoms with E-state index in [9.17, 15) is 14.0 Å². The SMILES string of the molecule is CCC(C)C(=O)N1CCN(C(=O)c2ccc(F)cc2)CC1. The van der Waals surface area contributed by atoms with Gasteiger partial charge in [-0.3, -0.25) is 9.59 Å². The van der Waals surface area contributed by atoms with Gasteiger partial charge in [0.15, 0.2) is 0 Å². The number of piperazine rings is 1. The molecular weight excluding hydrogens is 271 g/mol. The average Bonchev–Trinajstić information content (AvgIpc) is 2.53. The molecule has 1 aliphatic rings. The van der Waals surface area contributed by atoms with Crippen LogP contribution in [0.4, 0.5) is 4.39 Å². The Balaban J connectivity index is 1.93. The molecule has 1 aromatic carbocycles. The van der Waals surface area contributed by atoms with Crippen molar-refractivity contribution < 1.29 is 14.0 Å². The maximum absolute atomic E-state index is 12.9. The van der Waals surface area contributed by atoms with E-state index in [-0.39, 0.29) is 23.5 Å². The summed E-state index contributed by atoms with van der Waals surface area (Å²) in [7, 11) is 0. The van der Waals surface area contributed by atoms with E-state index in [0.29, 0.717) is 31.7 Å². The van der Waals surface area contributed by atoms with Crippen molar-refractivity contribution >= 4 is 11.8 Å². The number of rotatable bonds is 3. The lowest BCUT2D eigenvalue weighted by Crippen LogP contribution is -2.51. The number of benzene rings is 1. The molecular formula is C16H21FN2O2. The number of carbonyl (C=O) groups is 2. The van der Waals surface area contributed by atoms with Gasteiger partial charge in [0, 0.05) is 37.7 Å². The van der Waals surface area contributed by atoms with E-state index < -0.39 is 0 Å². The number of nitrogens with zero attached hydrogens (tertiary/aromatic N) is 2. The molecule has 1 atom stereocenters. The van der Waals surface area contributed by atoms with E-state index in [1.165, 1.54) is 24.3 Å². The third-order valence-corrected chi connectivity index (χ3v) is 4.00. The molecule has 1 aromatic rings. The van der Waals surface area contributed by atoms with Gasteiger partial charge in [-0.1, -0.05) is 13.8 Å². The zero-order valence-electron chi connectivity index (χ0n) is 12.5. The first kappa shape index (κ1) is 15.5. The fourth-order valence-electron chi connectivity index (χ4n) is 2.39. The van der Waals surface area contributed by atoms with Gasteiger partial charge in [-0.05, 0) is 30.7 Å². The third-order valence-electron chi connectivity index (χ3n) is 4.00. The summed E-state index contributed by atoms with van der Waals surface area (Å²) in [6.07, 6.45) is 0.827. The number of hydrogen-bond acceptors (Lipinski definition) is 2. The second-order valence-corrected chi connectivity index (χ2v) is 5.43. The van der Waals surface area contributed by atoms with Crippen LogP contribution in [0.2, 0.25) is 0 Å². The summed E-state index contributed by atoms with van der Waals surface area (Å²) < 4.78 is 12.9. The summed E-state index contributed by atoms with van der Waals surface area (Å²) in [5.41, 5.74) is 0.484. The van der Waals surface area contributed by atoms with Crippen LogP contribution in [-0.2, 0) is 4.79 Å². The molecule has 1 fully saturated rings. The summed E-state index contributed by atoms with van der Waals surface area (Å²) in [6, 6.07) is 5.56. The predicted molar refractivity (Wildman–Crippen MR) is 78.3 cm³/mol. The van der Waals surface area contributed by atoms with Gasteiger partial charge >= 0.3 is 0 Å². The minimum atomic E-state index is -0.351. The largest absolute Gasteiger partial charge is 0.339 e. The summed E-state index contributed by atoms with van der Waals surface area (Å²) in [5.74, 6) is -0.267. The number of halogens is 1. The van der Waals surface area contributed by atoms with Gasteiger partial charge in [0.2, 0.25) is 5.91 Å². The number of hydrogen-bond donors (Lipinski definition) is 0. The first-order valence-corrected chi connectivity index (χ1v) is 7.36. The van der Waals surface area contributed by atoms with Crippen LogP contribution in [0.15, 0.2) is 24.3 Å². The molecule has 1 unspecified atom stereocenters. The van der Waals surface area contributed by atoms with Crippen LogP contribution in [0.5, 0.6) is 0 Å². The summed E-state index contributed by atoms with van der Waals surface area (Å²) in [6.45, 7) is 6.11. The van der Waals surface area contributed by atoms with Gasteiger partial charge in [-0.2, -0.15) is 0 Å². The van der Waals surface area contributed by atoms with Crippen molar-refractivity contribution in [2.75, 3.05) is 26.2 Å². The van der Waals surface area contributed by atoms with E-state index in [4.69, 9.17) is 0 Å². The molecule has 5 heteroatoms. The van der Waals surface area contributed by atoms with Crippen molar-refractivity contribution in [3.05, 3.63) is 35.6 Å². The lowest BCUT2D eigenvalue weighted by molar-refractivity contribution is -0.136. The van der Waals surface area contributed by atoms with E-state index >= 15 is 0 Å². The van der Waals surface area contributed by atoms with Crippen molar-refractivity contribution in [1.29, 1.82) is 0 Å². The monoisotopic (exact) mass is 292 g/mol. The minimum absolute atomic E-state index is 0.0318. The van der Waals surface area contributed by atoms with Gasteiger partial charge < -0.3 is 9.80 Å². The molecule has 2 rings (SSSR count). The smallest absolute Gasteiger partial charge is 0.253 e. The van der Waals surface area contributed by atoms with E-state index in [2.05, 4.69) is 0 Å².